The number of benzene rings is 1. The van der Waals surface area contributed by atoms with Gasteiger partial charge in [-0.15, -0.1) is 13.2 Å². The van der Waals surface area contributed by atoms with Gasteiger partial charge in [-0.3, -0.25) is 0 Å². The third-order valence-corrected chi connectivity index (χ3v) is 4.04. The molecule has 0 spiro atoms. The lowest BCUT2D eigenvalue weighted by Crippen LogP contribution is -2.22. The van der Waals surface area contributed by atoms with Gasteiger partial charge >= 0.3 is 6.36 Å². The number of ether oxygens (including phenoxy) is 1. The van der Waals surface area contributed by atoms with Crippen LogP contribution in [0.2, 0.25) is 0 Å². The molecular formula is C17H25F3O2. The van der Waals surface area contributed by atoms with Gasteiger partial charge in [0.25, 0.3) is 0 Å². The maximum atomic E-state index is 12.1. The summed E-state index contributed by atoms with van der Waals surface area (Å²) in [6.07, 6.45) is -1.06. The Labute approximate surface area is 130 Å². The number of hydrogen-bond acceptors (Lipinski definition) is 2. The molecule has 22 heavy (non-hydrogen) atoms. The molecule has 126 valence electrons. The highest BCUT2D eigenvalue weighted by atomic mass is 19.4. The molecule has 1 unspecified atom stereocenters. The Hall–Kier alpha value is -1.23. The van der Waals surface area contributed by atoms with Crippen molar-refractivity contribution in [3.05, 3.63) is 29.8 Å². The lowest BCUT2D eigenvalue weighted by molar-refractivity contribution is -0.274. The van der Waals surface area contributed by atoms with Crippen LogP contribution in [0.3, 0.4) is 0 Å². The molecular weight excluding hydrogens is 293 g/mol. The van der Waals surface area contributed by atoms with E-state index in [-0.39, 0.29) is 11.9 Å². The molecule has 1 N–H and O–H groups in total. The second-order valence-corrected chi connectivity index (χ2v) is 5.47. The standard InChI is InChI=1S/C15H19F3O2.C2H6/c1-10(19)11-2-4-12(5-3-11)13-6-8-14(9-7-13)20-15(16,17)18;1-2/h6-12,19H,2-5H2,1H3;1-2H3. The highest BCUT2D eigenvalue weighted by Gasteiger charge is 2.31. The highest BCUT2D eigenvalue weighted by molar-refractivity contribution is 5.29. The predicted molar refractivity (Wildman–Crippen MR) is 80.9 cm³/mol. The average Bonchev–Trinajstić information content (AvgIpc) is 2.48. The highest BCUT2D eigenvalue weighted by Crippen LogP contribution is 2.37. The third-order valence-electron chi connectivity index (χ3n) is 4.04. The quantitative estimate of drug-likeness (QED) is 0.823. The van der Waals surface area contributed by atoms with Crippen molar-refractivity contribution in [1.29, 1.82) is 0 Å². The van der Waals surface area contributed by atoms with Gasteiger partial charge in [0.15, 0.2) is 0 Å². The van der Waals surface area contributed by atoms with Crippen LogP contribution in [0.25, 0.3) is 0 Å². The first-order valence-corrected chi connectivity index (χ1v) is 7.89. The number of hydrogen-bond donors (Lipinski definition) is 1. The molecule has 0 bridgehead atoms. The molecule has 0 aromatic heterocycles. The first-order chi connectivity index (χ1) is 10.3. The summed E-state index contributed by atoms with van der Waals surface area (Å²) >= 11 is 0. The summed E-state index contributed by atoms with van der Waals surface area (Å²) in [5, 5.41) is 9.56. The summed E-state index contributed by atoms with van der Waals surface area (Å²) in [6.45, 7) is 5.81. The lowest BCUT2D eigenvalue weighted by Gasteiger charge is -2.30. The van der Waals surface area contributed by atoms with Crippen molar-refractivity contribution in [2.24, 2.45) is 5.92 Å². The molecule has 1 atom stereocenters. The van der Waals surface area contributed by atoms with Gasteiger partial charge in [-0.2, -0.15) is 0 Å². The van der Waals surface area contributed by atoms with Gasteiger partial charge in [-0.05, 0) is 62.1 Å². The third kappa shape index (κ3) is 5.87. The van der Waals surface area contributed by atoms with Gasteiger partial charge in [-0.25, -0.2) is 0 Å². The molecule has 0 heterocycles. The van der Waals surface area contributed by atoms with E-state index in [9.17, 15) is 18.3 Å². The van der Waals surface area contributed by atoms with Crippen LogP contribution in [0, 0.1) is 5.92 Å². The van der Waals surface area contributed by atoms with Crippen molar-refractivity contribution in [2.75, 3.05) is 0 Å². The van der Waals surface area contributed by atoms with E-state index >= 15 is 0 Å². The summed E-state index contributed by atoms with van der Waals surface area (Å²) in [5.74, 6) is 0.530. The fourth-order valence-corrected chi connectivity index (χ4v) is 2.88. The minimum absolute atomic E-state index is 0.182. The summed E-state index contributed by atoms with van der Waals surface area (Å²) < 4.78 is 40.1. The minimum Gasteiger partial charge on any atom is -0.406 e. The molecule has 1 aliphatic rings. The van der Waals surface area contributed by atoms with Crippen LogP contribution < -0.4 is 4.74 Å². The zero-order valence-electron chi connectivity index (χ0n) is 13.4. The van der Waals surface area contributed by atoms with Crippen molar-refractivity contribution in [1.82, 2.24) is 0 Å². The van der Waals surface area contributed by atoms with E-state index in [0.717, 1.165) is 31.2 Å². The number of aliphatic hydroxyl groups excluding tert-OH is 1. The van der Waals surface area contributed by atoms with Crippen LogP contribution in [0.5, 0.6) is 5.75 Å². The van der Waals surface area contributed by atoms with Crippen molar-refractivity contribution < 1.29 is 23.0 Å². The number of aliphatic hydroxyl groups is 1. The van der Waals surface area contributed by atoms with Crippen LogP contribution in [0.15, 0.2) is 24.3 Å². The predicted octanol–water partition coefficient (Wildman–Crippen LogP) is 5.27. The molecule has 1 fully saturated rings. The summed E-state index contributed by atoms with van der Waals surface area (Å²) in [7, 11) is 0. The first kappa shape index (κ1) is 18.8. The molecule has 0 aliphatic heterocycles. The normalized spacial score (nSPS) is 23.2. The van der Waals surface area contributed by atoms with Crippen LogP contribution >= 0.6 is 0 Å². The van der Waals surface area contributed by atoms with E-state index < -0.39 is 6.36 Å². The molecule has 1 saturated carbocycles. The SMILES string of the molecule is CC.CC(O)C1CCC(c2ccc(OC(F)(F)F)cc2)CC1. The number of alkyl halides is 3. The monoisotopic (exact) mass is 318 g/mol. The first-order valence-electron chi connectivity index (χ1n) is 7.89. The van der Waals surface area contributed by atoms with Gasteiger partial charge in [0.2, 0.25) is 0 Å². The van der Waals surface area contributed by atoms with Gasteiger partial charge in [0, 0.05) is 0 Å². The van der Waals surface area contributed by atoms with Crippen LogP contribution in [0.1, 0.15) is 57.9 Å². The fraction of sp³-hybridized carbons (Fsp3) is 0.647. The average molecular weight is 318 g/mol. The molecule has 2 nitrogen and oxygen atoms in total. The molecule has 1 aliphatic carbocycles. The smallest absolute Gasteiger partial charge is 0.406 e. The summed E-state index contributed by atoms with van der Waals surface area (Å²) in [4.78, 5) is 0. The van der Waals surface area contributed by atoms with Gasteiger partial charge in [0.1, 0.15) is 5.75 Å². The van der Waals surface area contributed by atoms with Crippen molar-refractivity contribution in [3.8, 4) is 5.75 Å². The molecule has 1 aromatic carbocycles. The Balaban J connectivity index is 0.00000116. The second kappa shape index (κ2) is 8.42. The number of halogens is 3. The molecule has 0 saturated heterocycles. The lowest BCUT2D eigenvalue weighted by atomic mass is 9.77. The maximum absolute atomic E-state index is 12.1. The van der Waals surface area contributed by atoms with Crippen LogP contribution in [0.4, 0.5) is 13.2 Å². The van der Waals surface area contributed by atoms with Crippen LogP contribution in [-0.4, -0.2) is 17.6 Å². The minimum atomic E-state index is -4.64. The molecule has 5 heteroatoms. The Morgan fingerprint density at radius 2 is 1.55 bits per heavy atom. The van der Waals surface area contributed by atoms with Crippen molar-refractivity contribution >= 4 is 0 Å². The van der Waals surface area contributed by atoms with E-state index in [2.05, 4.69) is 4.74 Å². The Morgan fingerprint density at radius 1 is 1.05 bits per heavy atom. The molecule has 0 amide bonds. The zero-order chi connectivity index (χ0) is 16.8. The van der Waals surface area contributed by atoms with Gasteiger partial charge in [-0.1, -0.05) is 26.0 Å². The van der Waals surface area contributed by atoms with Gasteiger partial charge in [0.05, 0.1) is 6.10 Å². The fourth-order valence-electron chi connectivity index (χ4n) is 2.88. The summed E-state index contributed by atoms with van der Waals surface area (Å²) in [6, 6.07) is 6.13. The van der Waals surface area contributed by atoms with Gasteiger partial charge < -0.3 is 9.84 Å². The topological polar surface area (TPSA) is 29.5 Å². The summed E-state index contributed by atoms with van der Waals surface area (Å²) in [5.41, 5.74) is 1.04. The maximum Gasteiger partial charge on any atom is 0.573 e. The number of rotatable bonds is 3. The second-order valence-electron chi connectivity index (χ2n) is 5.47. The van der Waals surface area contributed by atoms with E-state index in [1.165, 1.54) is 12.1 Å². The van der Waals surface area contributed by atoms with E-state index in [0.29, 0.717) is 11.8 Å². The zero-order valence-corrected chi connectivity index (χ0v) is 13.4. The molecule has 2 rings (SSSR count). The Bertz CT molecular complexity index is 419. The van der Waals surface area contributed by atoms with E-state index in [4.69, 9.17) is 0 Å². The van der Waals surface area contributed by atoms with E-state index in [1.54, 1.807) is 12.1 Å². The molecule has 1 aromatic rings. The molecule has 0 radical (unpaired) electrons. The van der Waals surface area contributed by atoms with Crippen molar-refractivity contribution in [2.45, 2.75) is 64.8 Å². The van der Waals surface area contributed by atoms with Crippen LogP contribution in [-0.2, 0) is 0 Å². The van der Waals surface area contributed by atoms with E-state index in [1.807, 2.05) is 20.8 Å². The largest absolute Gasteiger partial charge is 0.573 e. The van der Waals surface area contributed by atoms with Crippen molar-refractivity contribution in [3.63, 3.8) is 0 Å². The Kier molecular flexibility index (Phi) is 7.20. The Morgan fingerprint density at radius 3 is 1.95 bits per heavy atom.